The minimum absolute atomic E-state index is 0.517. The van der Waals surface area contributed by atoms with Gasteiger partial charge in [0.2, 0.25) is 0 Å². The summed E-state index contributed by atoms with van der Waals surface area (Å²) in [5.74, 6) is 2.62. The molecule has 0 spiro atoms. The van der Waals surface area contributed by atoms with Crippen molar-refractivity contribution in [1.29, 1.82) is 0 Å². The van der Waals surface area contributed by atoms with E-state index >= 15 is 0 Å². The van der Waals surface area contributed by atoms with Crippen molar-refractivity contribution in [3.8, 4) is 5.75 Å². The maximum Gasteiger partial charge on any atom is 0.138 e. The van der Waals surface area contributed by atoms with Crippen molar-refractivity contribution in [2.45, 2.75) is 71.4 Å². The van der Waals surface area contributed by atoms with Crippen LogP contribution in [0.15, 0.2) is 40.9 Å². The van der Waals surface area contributed by atoms with Crippen LogP contribution in [0, 0.1) is 12.8 Å². The summed E-state index contributed by atoms with van der Waals surface area (Å²) in [7, 11) is 0. The fraction of sp³-hybridized carbons (Fsp3) is 0.519. The summed E-state index contributed by atoms with van der Waals surface area (Å²) >= 11 is 0. The Morgan fingerprint density at radius 2 is 1.97 bits per heavy atom. The molecule has 1 aromatic carbocycles. The Labute approximate surface area is 191 Å². The number of ether oxygens (including phenoxy) is 2. The topological polar surface area (TPSA) is 70.5 Å². The molecule has 0 amide bonds. The molecule has 2 N–H and O–H groups in total. The zero-order valence-electron chi connectivity index (χ0n) is 19.3. The molecule has 2 heterocycles. The van der Waals surface area contributed by atoms with E-state index < -0.39 is 0 Å². The highest BCUT2D eigenvalue weighted by Crippen LogP contribution is 2.34. The lowest BCUT2D eigenvalue weighted by Crippen LogP contribution is -2.09. The predicted octanol–water partition coefficient (Wildman–Crippen LogP) is 6.09. The van der Waals surface area contributed by atoms with E-state index in [-0.39, 0.29) is 0 Å². The van der Waals surface area contributed by atoms with Crippen LogP contribution in [0.3, 0.4) is 0 Å². The highest BCUT2D eigenvalue weighted by atomic mass is 16.5. The molecule has 1 saturated carbocycles. The lowest BCUT2D eigenvalue weighted by Gasteiger charge is -2.21. The van der Waals surface area contributed by atoms with Crippen molar-refractivity contribution < 1.29 is 13.9 Å². The van der Waals surface area contributed by atoms with Crippen LogP contribution in [-0.2, 0) is 24.3 Å². The molecule has 0 radical (unpaired) electrons. The molecular formula is C27H36N2O3. The van der Waals surface area contributed by atoms with Gasteiger partial charge in [0.05, 0.1) is 12.0 Å². The number of hydrogen-bond donors (Lipinski definition) is 1. The van der Waals surface area contributed by atoms with Gasteiger partial charge in [-0.25, -0.2) is 0 Å². The largest absolute Gasteiger partial charge is 0.493 e. The third-order valence-corrected chi connectivity index (χ3v) is 6.66. The number of pyridine rings is 1. The molecule has 3 aromatic rings. The Hall–Kier alpha value is -2.37. The summed E-state index contributed by atoms with van der Waals surface area (Å²) in [6, 6.07) is 9.98. The molecule has 5 nitrogen and oxygen atoms in total. The lowest BCUT2D eigenvalue weighted by molar-refractivity contribution is 0.0898. The molecule has 0 saturated heterocycles. The normalized spacial score (nSPS) is 14.8. The summed E-state index contributed by atoms with van der Waals surface area (Å²) in [6.07, 6.45) is 11.6. The number of furan rings is 1. The number of aromatic nitrogens is 1. The molecule has 0 unspecified atom stereocenters. The fourth-order valence-electron chi connectivity index (χ4n) is 4.77. The average molecular weight is 437 g/mol. The molecule has 1 aliphatic rings. The van der Waals surface area contributed by atoms with Gasteiger partial charge in [-0.15, -0.1) is 0 Å². The molecule has 0 atom stereocenters. The first-order valence-corrected chi connectivity index (χ1v) is 12.1. The van der Waals surface area contributed by atoms with Gasteiger partial charge in [0, 0.05) is 30.6 Å². The standard InChI is InChI=1S/C27H36N2O3/c1-20-26(19-30-17-14-21-8-3-2-4-9-21)32-25-13-5-12-24(27(20)25)31-16-7-11-23-22(18-28)10-6-15-29-23/h5-6,10,12-13,15,21H,2-4,7-9,11,14,16-19,28H2,1H3. The zero-order valence-corrected chi connectivity index (χ0v) is 19.3. The summed E-state index contributed by atoms with van der Waals surface area (Å²) in [5, 5.41) is 1.05. The van der Waals surface area contributed by atoms with E-state index in [1.165, 1.54) is 32.1 Å². The van der Waals surface area contributed by atoms with E-state index in [9.17, 15) is 0 Å². The molecule has 4 rings (SSSR count). The minimum Gasteiger partial charge on any atom is -0.493 e. The first kappa shape index (κ1) is 22.8. The van der Waals surface area contributed by atoms with Gasteiger partial charge in [-0.1, -0.05) is 44.2 Å². The molecule has 172 valence electrons. The van der Waals surface area contributed by atoms with Crippen molar-refractivity contribution in [3.05, 3.63) is 59.1 Å². The van der Waals surface area contributed by atoms with E-state index in [0.717, 1.165) is 71.1 Å². The third kappa shape index (κ3) is 5.70. The van der Waals surface area contributed by atoms with Crippen LogP contribution in [-0.4, -0.2) is 18.2 Å². The molecule has 1 aliphatic carbocycles. The second-order valence-corrected chi connectivity index (χ2v) is 8.89. The smallest absolute Gasteiger partial charge is 0.138 e. The van der Waals surface area contributed by atoms with Crippen molar-refractivity contribution in [1.82, 2.24) is 4.98 Å². The molecule has 2 aromatic heterocycles. The van der Waals surface area contributed by atoms with E-state index in [1.54, 1.807) is 0 Å². The number of rotatable bonds is 11. The SMILES string of the molecule is Cc1c(COCCC2CCCCC2)oc2cccc(OCCCc3ncccc3CN)c12. The van der Waals surface area contributed by atoms with Gasteiger partial charge in [-0.05, 0) is 55.9 Å². The highest BCUT2D eigenvalue weighted by Gasteiger charge is 2.16. The summed E-state index contributed by atoms with van der Waals surface area (Å²) in [4.78, 5) is 4.46. The van der Waals surface area contributed by atoms with Crippen LogP contribution in [0.25, 0.3) is 11.0 Å². The number of nitrogens with zero attached hydrogens (tertiary/aromatic N) is 1. The Morgan fingerprint density at radius 3 is 2.81 bits per heavy atom. The second kappa shape index (κ2) is 11.5. The molecule has 0 aliphatic heterocycles. The van der Waals surface area contributed by atoms with Gasteiger partial charge >= 0.3 is 0 Å². The van der Waals surface area contributed by atoms with Gasteiger partial charge in [0.1, 0.15) is 23.7 Å². The first-order valence-electron chi connectivity index (χ1n) is 12.1. The second-order valence-electron chi connectivity index (χ2n) is 8.89. The quantitative estimate of drug-likeness (QED) is 0.368. The van der Waals surface area contributed by atoms with Crippen molar-refractivity contribution in [2.75, 3.05) is 13.2 Å². The van der Waals surface area contributed by atoms with Crippen LogP contribution in [0.4, 0.5) is 0 Å². The minimum atomic E-state index is 0.517. The van der Waals surface area contributed by atoms with Crippen LogP contribution >= 0.6 is 0 Å². The average Bonchev–Trinajstić information content (AvgIpc) is 3.16. The van der Waals surface area contributed by atoms with Gasteiger partial charge < -0.3 is 19.6 Å². The Morgan fingerprint density at radius 1 is 1.09 bits per heavy atom. The number of nitrogens with two attached hydrogens (primary N) is 1. The lowest BCUT2D eigenvalue weighted by atomic mass is 9.87. The Balaban J connectivity index is 1.31. The van der Waals surface area contributed by atoms with Gasteiger partial charge in [0.15, 0.2) is 0 Å². The van der Waals surface area contributed by atoms with E-state index in [0.29, 0.717) is 19.8 Å². The maximum atomic E-state index is 6.15. The highest BCUT2D eigenvalue weighted by molar-refractivity contribution is 5.88. The summed E-state index contributed by atoms with van der Waals surface area (Å²) < 4.78 is 18.3. The van der Waals surface area contributed by atoms with E-state index in [1.807, 2.05) is 36.5 Å². The maximum absolute atomic E-state index is 6.15. The molecule has 0 bridgehead atoms. The zero-order chi connectivity index (χ0) is 22.2. The first-order chi connectivity index (χ1) is 15.8. The molecule has 1 fully saturated rings. The molecular weight excluding hydrogens is 400 g/mol. The predicted molar refractivity (Wildman–Crippen MR) is 128 cm³/mol. The van der Waals surface area contributed by atoms with Gasteiger partial charge in [-0.3, -0.25) is 4.98 Å². The van der Waals surface area contributed by atoms with Crippen LogP contribution in [0.2, 0.25) is 0 Å². The molecule has 5 heteroatoms. The molecule has 32 heavy (non-hydrogen) atoms. The van der Waals surface area contributed by atoms with Crippen molar-refractivity contribution >= 4 is 11.0 Å². The fourth-order valence-corrected chi connectivity index (χ4v) is 4.77. The van der Waals surface area contributed by atoms with Crippen LogP contribution in [0.5, 0.6) is 5.75 Å². The summed E-state index contributed by atoms with van der Waals surface area (Å²) in [5.41, 5.74) is 9.96. The van der Waals surface area contributed by atoms with E-state index in [2.05, 4.69) is 11.9 Å². The van der Waals surface area contributed by atoms with Crippen LogP contribution < -0.4 is 10.5 Å². The van der Waals surface area contributed by atoms with Crippen LogP contribution in [0.1, 0.15) is 67.5 Å². The van der Waals surface area contributed by atoms with Gasteiger partial charge in [0.25, 0.3) is 0 Å². The third-order valence-electron chi connectivity index (χ3n) is 6.66. The number of hydrogen-bond acceptors (Lipinski definition) is 5. The Bertz CT molecular complexity index is 992. The monoisotopic (exact) mass is 436 g/mol. The van der Waals surface area contributed by atoms with E-state index in [4.69, 9.17) is 19.6 Å². The Kier molecular flexibility index (Phi) is 8.18. The number of aryl methyl sites for hydroxylation is 2. The van der Waals surface area contributed by atoms with Gasteiger partial charge in [-0.2, -0.15) is 0 Å². The van der Waals surface area contributed by atoms with Crippen molar-refractivity contribution in [2.24, 2.45) is 11.7 Å². The summed E-state index contributed by atoms with van der Waals surface area (Å²) in [6.45, 7) is 4.57. The number of benzene rings is 1. The number of fused-ring (bicyclic) bond motifs is 1. The van der Waals surface area contributed by atoms with Crippen molar-refractivity contribution in [3.63, 3.8) is 0 Å².